The van der Waals surface area contributed by atoms with E-state index in [0.29, 0.717) is 17.2 Å². The first kappa shape index (κ1) is 22.0. The van der Waals surface area contributed by atoms with Crippen molar-refractivity contribution in [1.29, 1.82) is 0 Å². The maximum Gasteiger partial charge on any atom is 0.274 e. The van der Waals surface area contributed by atoms with Gasteiger partial charge in [-0.1, -0.05) is 36.3 Å². The second-order valence-corrected chi connectivity index (χ2v) is 11.1. The summed E-state index contributed by atoms with van der Waals surface area (Å²) in [6.07, 6.45) is 10.2. The molecule has 180 valence electrons. The standard InChI is InChI=1S/C28H36N4O2/c1-18(2)32-28(34)23-10-4-3-9-22(23)24(29-32)16-26(33)31-13-7-8-19-14-20-15-21(27(19)31)17-30-12-6-5-11-25(20)30/h3-4,9-10,14,18,20-21,25,27H,5-8,11-13,15-17H2,1-2H3/t20-,21-,25?,27?/m0/s1. The highest BCUT2D eigenvalue weighted by Crippen LogP contribution is 2.45. The number of nitrogens with zero attached hydrogens (tertiary/aromatic N) is 4. The van der Waals surface area contributed by atoms with E-state index in [1.165, 1.54) is 42.5 Å². The topological polar surface area (TPSA) is 58.4 Å². The van der Waals surface area contributed by atoms with Crippen molar-refractivity contribution in [2.75, 3.05) is 19.6 Å². The van der Waals surface area contributed by atoms with Gasteiger partial charge in [0.1, 0.15) is 0 Å². The number of fused-ring (bicyclic) bond motifs is 7. The maximum absolute atomic E-state index is 13.8. The van der Waals surface area contributed by atoms with Gasteiger partial charge in [0.05, 0.1) is 29.6 Å². The van der Waals surface area contributed by atoms with Crippen molar-refractivity contribution in [1.82, 2.24) is 19.6 Å². The highest BCUT2D eigenvalue weighted by molar-refractivity contribution is 5.88. The monoisotopic (exact) mass is 460 g/mol. The van der Waals surface area contributed by atoms with Gasteiger partial charge >= 0.3 is 0 Å². The number of amides is 1. The number of aromatic nitrogens is 2. The van der Waals surface area contributed by atoms with Crippen LogP contribution < -0.4 is 5.56 Å². The van der Waals surface area contributed by atoms with Crippen molar-refractivity contribution in [3.8, 4) is 0 Å². The zero-order valence-electron chi connectivity index (χ0n) is 20.4. The van der Waals surface area contributed by atoms with Gasteiger partial charge in [0.2, 0.25) is 5.91 Å². The van der Waals surface area contributed by atoms with Crippen molar-refractivity contribution in [2.45, 2.75) is 76.9 Å². The largest absolute Gasteiger partial charge is 0.335 e. The van der Waals surface area contributed by atoms with Gasteiger partial charge in [-0.05, 0) is 70.4 Å². The summed E-state index contributed by atoms with van der Waals surface area (Å²) in [7, 11) is 0. The third kappa shape index (κ3) is 3.62. The van der Waals surface area contributed by atoms with Crippen LogP contribution in [0.15, 0.2) is 40.7 Å². The van der Waals surface area contributed by atoms with E-state index < -0.39 is 0 Å². The van der Waals surface area contributed by atoms with Crippen LogP contribution in [0.3, 0.4) is 0 Å². The summed E-state index contributed by atoms with van der Waals surface area (Å²) in [5.74, 6) is 1.36. The highest BCUT2D eigenvalue weighted by atomic mass is 16.2. The molecule has 6 nitrogen and oxygen atoms in total. The summed E-state index contributed by atoms with van der Waals surface area (Å²) in [6, 6.07) is 8.51. The van der Waals surface area contributed by atoms with E-state index >= 15 is 0 Å². The maximum atomic E-state index is 13.8. The summed E-state index contributed by atoms with van der Waals surface area (Å²) in [4.78, 5) is 31.6. The van der Waals surface area contributed by atoms with Crippen LogP contribution in [0.4, 0.5) is 0 Å². The van der Waals surface area contributed by atoms with Gasteiger partial charge in [0.15, 0.2) is 0 Å². The van der Waals surface area contributed by atoms with E-state index in [2.05, 4.69) is 21.0 Å². The molecule has 4 heterocycles. The predicted octanol–water partition coefficient (Wildman–Crippen LogP) is 3.94. The molecule has 4 aliphatic rings. The minimum Gasteiger partial charge on any atom is -0.335 e. The first-order chi connectivity index (χ1) is 16.5. The molecule has 3 saturated heterocycles. The second kappa shape index (κ2) is 8.63. The summed E-state index contributed by atoms with van der Waals surface area (Å²) in [6.45, 7) is 7.10. The van der Waals surface area contributed by atoms with E-state index in [4.69, 9.17) is 0 Å². The Hall–Kier alpha value is -2.47. The number of carbonyl (C=O) groups is 1. The molecular weight excluding hydrogens is 424 g/mol. The third-order valence-electron chi connectivity index (χ3n) is 8.69. The highest BCUT2D eigenvalue weighted by Gasteiger charge is 2.46. The summed E-state index contributed by atoms with van der Waals surface area (Å²) in [5, 5.41) is 6.15. The minimum atomic E-state index is -0.0818. The Morgan fingerprint density at radius 2 is 1.94 bits per heavy atom. The number of hydrogen-bond donors (Lipinski definition) is 0. The van der Waals surface area contributed by atoms with Gasteiger partial charge in [-0.25, -0.2) is 4.68 Å². The minimum absolute atomic E-state index is 0.0505. The molecule has 3 aliphatic heterocycles. The molecule has 4 atom stereocenters. The first-order valence-electron chi connectivity index (χ1n) is 13.3. The number of likely N-dealkylation sites (tertiary alicyclic amines) is 1. The molecule has 0 N–H and O–H groups in total. The molecule has 1 aliphatic carbocycles. The lowest BCUT2D eigenvalue weighted by Gasteiger charge is -2.54. The summed E-state index contributed by atoms with van der Waals surface area (Å²) < 4.78 is 1.54. The number of piperidine rings is 3. The fourth-order valence-corrected chi connectivity index (χ4v) is 7.25. The number of hydrogen-bond acceptors (Lipinski definition) is 4. The molecule has 0 radical (unpaired) electrons. The van der Waals surface area contributed by atoms with Crippen LogP contribution in [0.2, 0.25) is 0 Å². The second-order valence-electron chi connectivity index (χ2n) is 11.1. The van der Waals surface area contributed by atoms with Crippen LogP contribution in [0.5, 0.6) is 0 Å². The van der Waals surface area contributed by atoms with Crippen molar-refractivity contribution in [3.63, 3.8) is 0 Å². The molecule has 6 heteroatoms. The zero-order valence-corrected chi connectivity index (χ0v) is 20.4. The molecule has 6 rings (SSSR count). The fourth-order valence-electron chi connectivity index (χ4n) is 7.25. The van der Waals surface area contributed by atoms with Crippen molar-refractivity contribution in [2.24, 2.45) is 11.8 Å². The van der Waals surface area contributed by atoms with Crippen molar-refractivity contribution in [3.05, 3.63) is 52.0 Å². The van der Waals surface area contributed by atoms with Crippen LogP contribution in [-0.4, -0.2) is 57.2 Å². The average molecular weight is 461 g/mol. The summed E-state index contributed by atoms with van der Waals surface area (Å²) >= 11 is 0. The van der Waals surface area contributed by atoms with Gasteiger partial charge in [-0.15, -0.1) is 0 Å². The zero-order chi connectivity index (χ0) is 23.4. The number of carbonyl (C=O) groups excluding carboxylic acids is 1. The Morgan fingerprint density at radius 3 is 2.76 bits per heavy atom. The van der Waals surface area contributed by atoms with E-state index in [9.17, 15) is 9.59 Å². The fraction of sp³-hybridized carbons (Fsp3) is 0.607. The Morgan fingerprint density at radius 1 is 1.12 bits per heavy atom. The van der Waals surface area contributed by atoms with Gasteiger partial charge in [-0.3, -0.25) is 14.5 Å². The van der Waals surface area contributed by atoms with Gasteiger partial charge in [0, 0.05) is 24.5 Å². The molecule has 34 heavy (non-hydrogen) atoms. The smallest absolute Gasteiger partial charge is 0.274 e. The molecular formula is C28H36N4O2. The Kier molecular flexibility index (Phi) is 5.59. The molecule has 1 amide bonds. The number of benzene rings is 1. The molecule has 0 spiro atoms. The lowest BCUT2D eigenvalue weighted by Crippen LogP contribution is -2.60. The molecule has 2 bridgehead atoms. The molecule has 1 aromatic heterocycles. The van der Waals surface area contributed by atoms with Crippen molar-refractivity contribution < 1.29 is 4.79 Å². The van der Waals surface area contributed by atoms with E-state index in [1.807, 2.05) is 38.1 Å². The Balaban J connectivity index is 1.32. The van der Waals surface area contributed by atoms with Crippen LogP contribution in [0, 0.1) is 11.8 Å². The molecule has 2 unspecified atom stereocenters. The van der Waals surface area contributed by atoms with Crippen molar-refractivity contribution >= 4 is 16.7 Å². The number of rotatable bonds is 3. The molecule has 0 saturated carbocycles. The van der Waals surface area contributed by atoms with E-state index in [1.54, 1.807) is 0 Å². The van der Waals surface area contributed by atoms with Crippen LogP contribution in [0.1, 0.15) is 64.1 Å². The quantitative estimate of drug-likeness (QED) is 0.651. The van der Waals surface area contributed by atoms with Gasteiger partial charge < -0.3 is 4.90 Å². The van der Waals surface area contributed by atoms with E-state index in [0.717, 1.165) is 43.1 Å². The summed E-state index contributed by atoms with van der Waals surface area (Å²) in [5.41, 5.74) is 2.15. The molecule has 3 fully saturated rings. The van der Waals surface area contributed by atoms with Crippen LogP contribution in [-0.2, 0) is 11.2 Å². The van der Waals surface area contributed by atoms with Crippen LogP contribution in [0.25, 0.3) is 10.8 Å². The lowest BCUT2D eigenvalue weighted by molar-refractivity contribution is -0.135. The van der Waals surface area contributed by atoms with Crippen LogP contribution >= 0.6 is 0 Å². The Bertz CT molecular complexity index is 1200. The average Bonchev–Trinajstić information content (AvgIpc) is 2.85. The predicted molar refractivity (Wildman–Crippen MR) is 134 cm³/mol. The van der Waals surface area contributed by atoms with E-state index in [-0.39, 0.29) is 30.0 Å². The van der Waals surface area contributed by atoms with Gasteiger partial charge in [0.25, 0.3) is 5.56 Å². The lowest BCUT2D eigenvalue weighted by atomic mass is 9.68. The molecule has 2 aromatic rings. The normalized spacial score (nSPS) is 29.0. The Labute approximate surface area is 201 Å². The van der Waals surface area contributed by atoms with Gasteiger partial charge in [-0.2, -0.15) is 5.10 Å². The molecule has 1 aromatic carbocycles. The SMILES string of the molecule is CC(C)n1nc(CC(=O)N2CCCC3=C[C@H]4C[C@@H](CN5CCCCC45)C32)c2ccccc2c1=O. The first-order valence-corrected chi connectivity index (χ1v) is 13.3. The third-order valence-corrected chi connectivity index (χ3v) is 8.69.